The number of hydrogen-bond acceptors (Lipinski definition) is 2. The van der Waals surface area contributed by atoms with Crippen LogP contribution in [0.15, 0.2) is 17.5 Å². The van der Waals surface area contributed by atoms with Crippen LogP contribution in [0.2, 0.25) is 0 Å². The average molecular weight is 221 g/mol. The first-order chi connectivity index (χ1) is 7.75. The molecule has 0 radical (unpaired) electrons. The van der Waals surface area contributed by atoms with Gasteiger partial charge in [0.15, 0.2) is 5.96 Å². The normalized spacial score (nSPS) is 17.9. The number of nitrogens with two attached hydrogens (primary N) is 1. The van der Waals surface area contributed by atoms with Gasteiger partial charge in [0.1, 0.15) is 0 Å². The molecule has 0 bridgehead atoms. The second-order valence-corrected chi connectivity index (χ2v) is 4.32. The summed E-state index contributed by atoms with van der Waals surface area (Å²) in [5.41, 5.74) is 6.90. The minimum atomic E-state index is 0.523. The van der Waals surface area contributed by atoms with Gasteiger partial charge in [-0.2, -0.15) is 0 Å². The lowest BCUT2D eigenvalue weighted by atomic mass is 10.2. The van der Waals surface area contributed by atoms with E-state index in [9.17, 15) is 0 Å². The number of guanidine groups is 1. The van der Waals surface area contributed by atoms with Gasteiger partial charge in [0.25, 0.3) is 0 Å². The lowest BCUT2D eigenvalue weighted by Gasteiger charge is -2.12. The molecule has 1 aliphatic rings. The van der Waals surface area contributed by atoms with E-state index in [1.807, 2.05) is 17.8 Å². The van der Waals surface area contributed by atoms with Crippen molar-refractivity contribution in [3.63, 3.8) is 0 Å². The van der Waals surface area contributed by atoms with Gasteiger partial charge in [0, 0.05) is 13.1 Å². The van der Waals surface area contributed by atoms with Gasteiger partial charge in [-0.3, -0.25) is 0 Å². The number of aryl methyl sites for hydroxylation is 1. The number of nitrogens with zero attached hydrogens (tertiary/aromatic N) is 3. The van der Waals surface area contributed by atoms with Crippen molar-refractivity contribution >= 4 is 5.96 Å². The maximum Gasteiger partial charge on any atom is 0.189 e. The Bertz CT molecular complexity index is 362. The Morgan fingerprint density at radius 2 is 2.38 bits per heavy atom. The molecule has 0 saturated heterocycles. The summed E-state index contributed by atoms with van der Waals surface area (Å²) >= 11 is 0. The van der Waals surface area contributed by atoms with Crippen molar-refractivity contribution in [2.75, 3.05) is 0 Å². The Morgan fingerprint density at radius 1 is 1.62 bits per heavy atom. The van der Waals surface area contributed by atoms with Gasteiger partial charge in [0.2, 0.25) is 0 Å². The van der Waals surface area contributed by atoms with Gasteiger partial charge in [-0.15, -0.1) is 0 Å². The third kappa shape index (κ3) is 2.74. The lowest BCUT2D eigenvalue weighted by Crippen LogP contribution is -2.38. The van der Waals surface area contributed by atoms with Gasteiger partial charge in [-0.1, -0.05) is 12.8 Å². The van der Waals surface area contributed by atoms with Crippen LogP contribution in [0, 0.1) is 0 Å². The molecule has 1 aromatic rings. The molecule has 5 heteroatoms. The Morgan fingerprint density at radius 3 is 3.00 bits per heavy atom. The van der Waals surface area contributed by atoms with E-state index >= 15 is 0 Å². The molecule has 1 aromatic heterocycles. The molecule has 3 N–H and O–H groups in total. The molecule has 1 heterocycles. The molecule has 0 aromatic carbocycles. The standard InChI is InChI=1S/C11H19N5/c1-16-8-13-6-10(16)7-14-11(12)15-9-4-2-3-5-9/h6,8-9H,2-5,7H2,1H3,(H3,12,14,15). The summed E-state index contributed by atoms with van der Waals surface area (Å²) in [7, 11) is 1.96. The van der Waals surface area contributed by atoms with E-state index in [0.29, 0.717) is 18.5 Å². The van der Waals surface area contributed by atoms with Crippen molar-refractivity contribution in [1.29, 1.82) is 0 Å². The van der Waals surface area contributed by atoms with Crippen molar-refractivity contribution in [3.8, 4) is 0 Å². The molecule has 0 aliphatic heterocycles. The highest BCUT2D eigenvalue weighted by molar-refractivity contribution is 5.78. The van der Waals surface area contributed by atoms with E-state index in [1.54, 1.807) is 6.33 Å². The molecular weight excluding hydrogens is 202 g/mol. The first kappa shape index (κ1) is 11.0. The van der Waals surface area contributed by atoms with E-state index in [2.05, 4.69) is 15.3 Å². The Labute approximate surface area is 95.8 Å². The third-order valence-corrected chi connectivity index (χ3v) is 3.04. The Kier molecular flexibility index (Phi) is 3.44. The molecule has 0 spiro atoms. The van der Waals surface area contributed by atoms with Crippen LogP contribution in [0.25, 0.3) is 0 Å². The molecule has 5 nitrogen and oxygen atoms in total. The van der Waals surface area contributed by atoms with Crippen LogP contribution in [0.3, 0.4) is 0 Å². The van der Waals surface area contributed by atoms with Crippen LogP contribution < -0.4 is 11.1 Å². The molecule has 0 amide bonds. The van der Waals surface area contributed by atoms with Crippen LogP contribution in [0.5, 0.6) is 0 Å². The molecule has 2 rings (SSSR count). The van der Waals surface area contributed by atoms with Gasteiger partial charge < -0.3 is 15.6 Å². The van der Waals surface area contributed by atoms with Gasteiger partial charge in [0.05, 0.1) is 24.8 Å². The SMILES string of the molecule is Cn1cncc1CN=C(N)NC1CCCC1. The lowest BCUT2D eigenvalue weighted by molar-refractivity contribution is 0.624. The Hall–Kier alpha value is -1.52. The first-order valence-corrected chi connectivity index (χ1v) is 5.77. The summed E-state index contributed by atoms with van der Waals surface area (Å²) in [6.45, 7) is 0.585. The van der Waals surface area contributed by atoms with E-state index in [4.69, 9.17) is 5.73 Å². The van der Waals surface area contributed by atoms with Crippen molar-refractivity contribution in [2.24, 2.45) is 17.8 Å². The third-order valence-electron chi connectivity index (χ3n) is 3.04. The van der Waals surface area contributed by atoms with E-state index in [1.165, 1.54) is 25.7 Å². The number of hydrogen-bond donors (Lipinski definition) is 2. The summed E-state index contributed by atoms with van der Waals surface area (Å²) in [6, 6.07) is 0.523. The predicted octanol–water partition coefficient (Wildman–Crippen LogP) is 0.767. The van der Waals surface area contributed by atoms with Crippen molar-refractivity contribution in [1.82, 2.24) is 14.9 Å². The van der Waals surface area contributed by atoms with Crippen molar-refractivity contribution in [3.05, 3.63) is 18.2 Å². The predicted molar refractivity (Wildman–Crippen MR) is 63.9 cm³/mol. The summed E-state index contributed by atoms with van der Waals surface area (Å²) < 4.78 is 1.95. The molecule has 1 fully saturated rings. The zero-order chi connectivity index (χ0) is 11.4. The van der Waals surface area contributed by atoms with Crippen LogP contribution in [0.1, 0.15) is 31.4 Å². The minimum Gasteiger partial charge on any atom is -0.370 e. The first-order valence-electron chi connectivity index (χ1n) is 5.77. The van der Waals surface area contributed by atoms with Gasteiger partial charge >= 0.3 is 0 Å². The molecule has 0 atom stereocenters. The molecule has 0 unspecified atom stereocenters. The number of nitrogens with one attached hydrogen (secondary N) is 1. The highest BCUT2D eigenvalue weighted by atomic mass is 15.1. The maximum atomic E-state index is 5.83. The second kappa shape index (κ2) is 5.01. The fraction of sp³-hybridized carbons (Fsp3) is 0.636. The fourth-order valence-electron chi connectivity index (χ4n) is 2.03. The van der Waals surface area contributed by atoms with Crippen molar-refractivity contribution < 1.29 is 0 Å². The van der Waals surface area contributed by atoms with Gasteiger partial charge in [-0.25, -0.2) is 9.98 Å². The van der Waals surface area contributed by atoms with Crippen LogP contribution in [0.4, 0.5) is 0 Å². The van der Waals surface area contributed by atoms with Crippen LogP contribution >= 0.6 is 0 Å². The average Bonchev–Trinajstić information content (AvgIpc) is 2.87. The quantitative estimate of drug-likeness (QED) is 0.585. The molecule has 1 aliphatic carbocycles. The van der Waals surface area contributed by atoms with E-state index < -0.39 is 0 Å². The number of aliphatic imine (C=N–C) groups is 1. The molecule has 88 valence electrons. The van der Waals surface area contributed by atoms with Crippen molar-refractivity contribution in [2.45, 2.75) is 38.3 Å². The summed E-state index contributed by atoms with van der Waals surface area (Å²) in [6.07, 6.45) is 8.60. The summed E-state index contributed by atoms with van der Waals surface area (Å²) in [4.78, 5) is 8.35. The molecular formula is C11H19N5. The smallest absolute Gasteiger partial charge is 0.189 e. The topological polar surface area (TPSA) is 68.2 Å². The number of aromatic nitrogens is 2. The second-order valence-electron chi connectivity index (χ2n) is 4.32. The number of rotatable bonds is 3. The monoisotopic (exact) mass is 221 g/mol. The minimum absolute atomic E-state index is 0.523. The zero-order valence-corrected chi connectivity index (χ0v) is 9.69. The van der Waals surface area contributed by atoms with Gasteiger partial charge in [-0.05, 0) is 12.8 Å². The van der Waals surface area contributed by atoms with E-state index in [-0.39, 0.29) is 0 Å². The molecule has 1 saturated carbocycles. The van der Waals surface area contributed by atoms with Crippen LogP contribution in [-0.4, -0.2) is 21.6 Å². The largest absolute Gasteiger partial charge is 0.370 e. The Balaban J connectivity index is 1.84. The fourth-order valence-corrected chi connectivity index (χ4v) is 2.03. The van der Waals surface area contributed by atoms with E-state index in [0.717, 1.165) is 5.69 Å². The number of imidazole rings is 1. The summed E-state index contributed by atoms with van der Waals surface area (Å²) in [5.74, 6) is 0.549. The molecule has 16 heavy (non-hydrogen) atoms. The van der Waals surface area contributed by atoms with Crippen LogP contribution in [-0.2, 0) is 13.6 Å². The highest BCUT2D eigenvalue weighted by Crippen LogP contribution is 2.17. The summed E-state index contributed by atoms with van der Waals surface area (Å²) in [5, 5.41) is 3.26. The maximum absolute atomic E-state index is 5.83. The zero-order valence-electron chi connectivity index (χ0n) is 9.69. The highest BCUT2D eigenvalue weighted by Gasteiger charge is 2.14.